The van der Waals surface area contributed by atoms with Gasteiger partial charge in [-0.2, -0.15) is 0 Å². The van der Waals surface area contributed by atoms with Crippen LogP contribution in [0.2, 0.25) is 0 Å². The van der Waals surface area contributed by atoms with Crippen molar-refractivity contribution in [1.82, 2.24) is 10.2 Å². The first-order chi connectivity index (χ1) is 14.2. The Kier molecular flexibility index (Phi) is 8.23. The molecular weight excluding hydrogens is 384 g/mol. The second-order valence-electron chi connectivity index (χ2n) is 7.60. The number of hydrogen-bond acceptors (Lipinski definition) is 4. The van der Waals surface area contributed by atoms with E-state index in [1.165, 1.54) is 44.9 Å². The lowest BCUT2D eigenvalue weighted by Gasteiger charge is -2.30. The Morgan fingerprint density at radius 2 is 1.83 bits per heavy atom. The maximum Gasteiger partial charge on any atom is 0.169 e. The van der Waals surface area contributed by atoms with Gasteiger partial charge in [-0.05, 0) is 49.3 Å². The summed E-state index contributed by atoms with van der Waals surface area (Å²) in [7, 11) is 3.34. The van der Waals surface area contributed by atoms with E-state index in [0.717, 1.165) is 27.9 Å². The molecule has 1 aromatic carbocycles. The molecule has 0 amide bonds. The van der Waals surface area contributed by atoms with E-state index in [0.29, 0.717) is 19.1 Å². The number of rotatable bonds is 7. The largest absolute Gasteiger partial charge is 0.497 e. The molecule has 0 saturated heterocycles. The van der Waals surface area contributed by atoms with Gasteiger partial charge < -0.3 is 24.1 Å². The Hall–Kier alpha value is -2.21. The highest BCUT2D eigenvalue weighted by molar-refractivity contribution is 7.80. The lowest BCUT2D eigenvalue weighted by molar-refractivity contribution is 0.329. The van der Waals surface area contributed by atoms with Gasteiger partial charge in [0.15, 0.2) is 5.11 Å². The predicted molar refractivity (Wildman–Crippen MR) is 119 cm³/mol. The van der Waals surface area contributed by atoms with Crippen LogP contribution in [0.1, 0.15) is 56.3 Å². The normalized spacial score (nSPS) is 15.2. The van der Waals surface area contributed by atoms with Crippen LogP contribution in [0.15, 0.2) is 41.0 Å². The highest BCUT2D eigenvalue weighted by atomic mass is 32.1. The van der Waals surface area contributed by atoms with Crippen LogP contribution >= 0.6 is 12.2 Å². The average molecular weight is 417 g/mol. The van der Waals surface area contributed by atoms with E-state index in [1.54, 1.807) is 20.5 Å². The minimum atomic E-state index is 0.444. The van der Waals surface area contributed by atoms with Crippen molar-refractivity contribution in [2.45, 2.75) is 64.1 Å². The van der Waals surface area contributed by atoms with Gasteiger partial charge in [0.25, 0.3) is 0 Å². The van der Waals surface area contributed by atoms with Gasteiger partial charge in [0, 0.05) is 24.2 Å². The van der Waals surface area contributed by atoms with Crippen molar-refractivity contribution in [2.75, 3.05) is 14.2 Å². The number of thiocarbonyl (C=S) groups is 1. The molecule has 1 fully saturated rings. The van der Waals surface area contributed by atoms with Crippen molar-refractivity contribution >= 4 is 17.3 Å². The summed E-state index contributed by atoms with van der Waals surface area (Å²) in [5.74, 6) is 2.46. The van der Waals surface area contributed by atoms with Crippen LogP contribution < -0.4 is 14.8 Å². The number of hydrogen-bond donors (Lipinski definition) is 1. The molecule has 29 heavy (non-hydrogen) atoms. The zero-order valence-electron chi connectivity index (χ0n) is 17.5. The summed E-state index contributed by atoms with van der Waals surface area (Å²) in [6, 6.07) is 10.2. The molecule has 1 N–H and O–H groups in total. The van der Waals surface area contributed by atoms with Crippen LogP contribution in [0.4, 0.5) is 0 Å². The number of benzene rings is 1. The fraction of sp³-hybridized carbons (Fsp3) is 0.522. The van der Waals surface area contributed by atoms with Gasteiger partial charge in [-0.1, -0.05) is 32.1 Å². The van der Waals surface area contributed by atoms with E-state index in [1.807, 2.05) is 30.3 Å². The molecule has 1 aliphatic rings. The molecule has 0 radical (unpaired) electrons. The highest BCUT2D eigenvalue weighted by Gasteiger charge is 2.19. The molecule has 2 aromatic rings. The third-order valence-corrected chi connectivity index (χ3v) is 5.88. The van der Waals surface area contributed by atoms with Gasteiger partial charge in [0.2, 0.25) is 0 Å². The standard InChI is InChI=1S/C23H32N2O3S/c1-26-20-13-12-18(22(15-20)27-2)16-25(17-21-11-8-14-28-21)23(29)24-19-9-6-4-3-5-7-10-19/h8,11-15,19H,3-7,9-10,16-17H2,1-2H3,(H,24,29). The number of ether oxygens (including phenoxy) is 2. The minimum Gasteiger partial charge on any atom is -0.497 e. The van der Waals surface area contributed by atoms with E-state index >= 15 is 0 Å². The Labute approximate surface area is 179 Å². The van der Waals surface area contributed by atoms with Crippen LogP contribution in [0.5, 0.6) is 11.5 Å². The Balaban J connectivity index is 1.74. The molecule has 0 bridgehead atoms. The van der Waals surface area contributed by atoms with Crippen molar-refractivity contribution in [3.63, 3.8) is 0 Å². The van der Waals surface area contributed by atoms with Crippen molar-refractivity contribution in [3.05, 3.63) is 47.9 Å². The van der Waals surface area contributed by atoms with Crippen LogP contribution in [-0.2, 0) is 13.1 Å². The van der Waals surface area contributed by atoms with Crippen LogP contribution in [0.25, 0.3) is 0 Å². The molecule has 3 rings (SSSR count). The molecule has 5 nitrogen and oxygen atoms in total. The van der Waals surface area contributed by atoms with Gasteiger partial charge in [-0.15, -0.1) is 0 Å². The van der Waals surface area contributed by atoms with Gasteiger partial charge in [-0.25, -0.2) is 0 Å². The maximum atomic E-state index is 5.84. The summed E-state index contributed by atoms with van der Waals surface area (Å²) in [6.07, 6.45) is 10.6. The molecule has 0 spiro atoms. The van der Waals surface area contributed by atoms with Gasteiger partial charge in [-0.3, -0.25) is 0 Å². The highest BCUT2D eigenvalue weighted by Crippen LogP contribution is 2.26. The molecule has 1 aliphatic carbocycles. The van der Waals surface area contributed by atoms with Gasteiger partial charge in [0.05, 0.1) is 27.0 Å². The maximum absolute atomic E-state index is 5.84. The summed E-state index contributed by atoms with van der Waals surface area (Å²) >= 11 is 5.84. The molecule has 158 valence electrons. The quantitative estimate of drug-likeness (QED) is 0.619. The number of methoxy groups -OCH3 is 2. The molecule has 0 atom stereocenters. The second kappa shape index (κ2) is 11.1. The van der Waals surface area contributed by atoms with E-state index < -0.39 is 0 Å². The number of nitrogens with zero attached hydrogens (tertiary/aromatic N) is 1. The van der Waals surface area contributed by atoms with Gasteiger partial charge in [0.1, 0.15) is 17.3 Å². The van der Waals surface area contributed by atoms with Crippen molar-refractivity contribution < 1.29 is 13.9 Å². The van der Waals surface area contributed by atoms with Crippen LogP contribution in [-0.4, -0.2) is 30.3 Å². The van der Waals surface area contributed by atoms with E-state index in [9.17, 15) is 0 Å². The number of furan rings is 1. The molecule has 0 unspecified atom stereocenters. The Bertz CT molecular complexity index is 755. The fourth-order valence-corrected chi connectivity index (χ4v) is 4.14. The summed E-state index contributed by atoms with van der Waals surface area (Å²) < 4.78 is 16.5. The fourth-order valence-electron chi connectivity index (χ4n) is 3.84. The zero-order chi connectivity index (χ0) is 20.5. The summed E-state index contributed by atoms with van der Waals surface area (Å²) in [6.45, 7) is 1.24. The van der Waals surface area contributed by atoms with Crippen molar-refractivity contribution in [1.29, 1.82) is 0 Å². The Morgan fingerprint density at radius 3 is 2.48 bits per heavy atom. The zero-order valence-corrected chi connectivity index (χ0v) is 18.3. The van der Waals surface area contributed by atoms with E-state index in [2.05, 4.69) is 10.2 Å². The molecule has 1 aromatic heterocycles. The first-order valence-corrected chi connectivity index (χ1v) is 10.9. The smallest absolute Gasteiger partial charge is 0.169 e. The summed E-state index contributed by atoms with van der Waals surface area (Å²) in [5.41, 5.74) is 1.06. The third-order valence-electron chi connectivity index (χ3n) is 5.50. The molecular formula is C23H32N2O3S. The summed E-state index contributed by atoms with van der Waals surface area (Å²) in [4.78, 5) is 2.15. The van der Waals surface area contributed by atoms with Gasteiger partial charge >= 0.3 is 0 Å². The van der Waals surface area contributed by atoms with Crippen molar-refractivity contribution in [3.8, 4) is 11.5 Å². The molecule has 1 saturated carbocycles. The first kappa shape index (κ1) is 21.5. The predicted octanol–water partition coefficient (Wildman–Crippen LogP) is 5.29. The van der Waals surface area contributed by atoms with Crippen molar-refractivity contribution in [2.24, 2.45) is 0 Å². The van der Waals surface area contributed by atoms with E-state index in [-0.39, 0.29) is 0 Å². The SMILES string of the molecule is COc1ccc(CN(Cc2ccco2)C(=S)NC2CCCCCCC2)c(OC)c1. The average Bonchev–Trinajstić information content (AvgIpc) is 3.22. The monoisotopic (exact) mass is 416 g/mol. The number of nitrogens with one attached hydrogen (secondary N) is 1. The molecule has 6 heteroatoms. The van der Waals surface area contributed by atoms with E-state index in [4.69, 9.17) is 26.1 Å². The lowest BCUT2D eigenvalue weighted by Crippen LogP contribution is -2.44. The minimum absolute atomic E-state index is 0.444. The van der Waals surface area contributed by atoms with Crippen LogP contribution in [0, 0.1) is 0 Å². The molecule has 0 aliphatic heterocycles. The Morgan fingerprint density at radius 1 is 1.07 bits per heavy atom. The third kappa shape index (κ3) is 6.39. The lowest BCUT2D eigenvalue weighted by atomic mass is 9.97. The van der Waals surface area contributed by atoms with Crippen LogP contribution in [0.3, 0.4) is 0 Å². The second-order valence-corrected chi connectivity index (χ2v) is 7.99. The molecule has 1 heterocycles. The summed E-state index contributed by atoms with van der Waals surface area (Å²) in [5, 5.41) is 4.40. The topological polar surface area (TPSA) is 46.9 Å². The first-order valence-electron chi connectivity index (χ1n) is 10.5.